The molecule has 2 aromatic carbocycles. The number of ether oxygens (including phenoxy) is 1. The molecule has 0 unspecified atom stereocenters. The Kier molecular flexibility index (Phi) is 7.40. The number of carbonyl (C=O) groups is 1. The van der Waals surface area contributed by atoms with Crippen LogP contribution < -0.4 is 4.74 Å². The number of para-hydroxylation sites is 1. The smallest absolute Gasteiger partial charge is 0.237 e. The number of oxazole rings is 1. The molecule has 1 aliphatic rings. The van der Waals surface area contributed by atoms with Gasteiger partial charge in [-0.3, -0.25) is 9.69 Å². The SMILES string of the molecule is COc1ccccc1Cc1cnc([C@H]2CCCCN2C(=O)CN(C)Cc2ccccc2F)o1. The summed E-state index contributed by atoms with van der Waals surface area (Å²) >= 11 is 0. The first-order chi connectivity index (χ1) is 16.0. The molecular formula is C26H30FN3O3. The summed E-state index contributed by atoms with van der Waals surface area (Å²) < 4.78 is 25.5. The number of nitrogens with zero attached hydrogens (tertiary/aromatic N) is 3. The monoisotopic (exact) mass is 451 g/mol. The van der Waals surface area contributed by atoms with Gasteiger partial charge in [0, 0.05) is 30.6 Å². The van der Waals surface area contributed by atoms with Crippen molar-refractivity contribution >= 4 is 5.91 Å². The Labute approximate surface area is 194 Å². The van der Waals surface area contributed by atoms with E-state index in [1.807, 2.05) is 41.1 Å². The molecule has 0 spiro atoms. The summed E-state index contributed by atoms with van der Waals surface area (Å²) in [4.78, 5) is 21.4. The van der Waals surface area contributed by atoms with Gasteiger partial charge in [0.15, 0.2) is 0 Å². The lowest BCUT2D eigenvalue weighted by Crippen LogP contribution is -2.43. The summed E-state index contributed by atoms with van der Waals surface area (Å²) in [6.45, 7) is 1.25. The molecule has 33 heavy (non-hydrogen) atoms. The number of aromatic nitrogens is 1. The van der Waals surface area contributed by atoms with Gasteiger partial charge in [-0.25, -0.2) is 9.37 Å². The van der Waals surface area contributed by atoms with Gasteiger partial charge in [0.05, 0.1) is 19.9 Å². The Hall–Kier alpha value is -3.19. The third-order valence-electron chi connectivity index (χ3n) is 6.04. The first-order valence-corrected chi connectivity index (χ1v) is 11.3. The Balaban J connectivity index is 1.43. The zero-order valence-corrected chi connectivity index (χ0v) is 19.2. The van der Waals surface area contributed by atoms with Crippen LogP contribution >= 0.6 is 0 Å². The van der Waals surface area contributed by atoms with Crippen molar-refractivity contribution in [2.45, 2.75) is 38.3 Å². The molecule has 1 fully saturated rings. The fraction of sp³-hybridized carbons (Fsp3) is 0.385. The van der Waals surface area contributed by atoms with Crippen molar-refractivity contribution in [3.63, 3.8) is 0 Å². The van der Waals surface area contributed by atoms with Crippen LogP contribution in [0.3, 0.4) is 0 Å². The van der Waals surface area contributed by atoms with Crippen molar-refractivity contribution in [3.05, 3.63) is 83.3 Å². The minimum atomic E-state index is -0.255. The molecule has 6 nitrogen and oxygen atoms in total. The lowest BCUT2D eigenvalue weighted by molar-refractivity contribution is -0.136. The first-order valence-electron chi connectivity index (χ1n) is 11.3. The number of likely N-dealkylation sites (N-methyl/N-ethyl adjacent to an activating group) is 1. The Morgan fingerprint density at radius 3 is 2.73 bits per heavy atom. The minimum Gasteiger partial charge on any atom is -0.496 e. The van der Waals surface area contributed by atoms with Gasteiger partial charge in [0.25, 0.3) is 0 Å². The van der Waals surface area contributed by atoms with Crippen molar-refractivity contribution < 1.29 is 18.3 Å². The highest BCUT2D eigenvalue weighted by Crippen LogP contribution is 2.31. The van der Waals surface area contributed by atoms with Crippen LogP contribution in [-0.4, -0.2) is 47.9 Å². The molecule has 3 aromatic rings. The molecule has 1 aliphatic heterocycles. The standard InChI is InChI=1S/C26H30FN3O3/c1-29(17-20-10-3-5-11-22(20)27)18-25(31)30-14-8-7-12-23(30)26-28-16-21(33-26)15-19-9-4-6-13-24(19)32-2/h3-6,9-11,13,16,23H,7-8,12,14-15,17-18H2,1-2H3/t23-/m1/s1. The van der Waals surface area contributed by atoms with Crippen LogP contribution in [0.4, 0.5) is 4.39 Å². The van der Waals surface area contributed by atoms with Gasteiger partial charge in [0.2, 0.25) is 11.8 Å². The number of carbonyl (C=O) groups excluding carboxylic acids is 1. The number of piperidine rings is 1. The maximum absolute atomic E-state index is 14.0. The molecule has 0 aliphatic carbocycles. The summed E-state index contributed by atoms with van der Waals surface area (Å²) in [6.07, 6.45) is 5.10. The van der Waals surface area contributed by atoms with E-state index in [4.69, 9.17) is 9.15 Å². The molecular weight excluding hydrogens is 421 g/mol. The summed E-state index contributed by atoms with van der Waals surface area (Å²) in [5.41, 5.74) is 1.60. The minimum absolute atomic E-state index is 0.00279. The first kappa shape index (κ1) is 23.0. The highest BCUT2D eigenvalue weighted by molar-refractivity contribution is 5.78. The lowest BCUT2D eigenvalue weighted by atomic mass is 10.0. The maximum atomic E-state index is 14.0. The van der Waals surface area contributed by atoms with Crippen molar-refractivity contribution in [1.82, 2.24) is 14.8 Å². The molecule has 0 bridgehead atoms. The third kappa shape index (κ3) is 5.60. The van der Waals surface area contributed by atoms with Gasteiger partial charge >= 0.3 is 0 Å². The number of amides is 1. The predicted octanol–water partition coefficient (Wildman–Crippen LogP) is 4.60. The zero-order chi connectivity index (χ0) is 23.2. The summed E-state index contributed by atoms with van der Waals surface area (Å²) in [7, 11) is 3.49. The van der Waals surface area contributed by atoms with E-state index in [-0.39, 0.29) is 24.3 Å². The fourth-order valence-corrected chi connectivity index (χ4v) is 4.38. The second-order valence-corrected chi connectivity index (χ2v) is 8.52. The Morgan fingerprint density at radius 2 is 1.94 bits per heavy atom. The van der Waals surface area contributed by atoms with Crippen LogP contribution in [0.25, 0.3) is 0 Å². The van der Waals surface area contributed by atoms with E-state index < -0.39 is 0 Å². The predicted molar refractivity (Wildman–Crippen MR) is 123 cm³/mol. The number of benzene rings is 2. The van der Waals surface area contributed by atoms with Crippen molar-refractivity contribution in [1.29, 1.82) is 0 Å². The quantitative estimate of drug-likeness (QED) is 0.501. The van der Waals surface area contributed by atoms with Gasteiger partial charge < -0.3 is 14.1 Å². The molecule has 0 radical (unpaired) electrons. The second-order valence-electron chi connectivity index (χ2n) is 8.52. The number of rotatable bonds is 8. The highest BCUT2D eigenvalue weighted by Gasteiger charge is 2.31. The topological polar surface area (TPSA) is 58.8 Å². The molecule has 174 valence electrons. The summed E-state index contributed by atoms with van der Waals surface area (Å²) in [5, 5.41) is 0. The van der Waals surface area contributed by atoms with Gasteiger partial charge in [-0.15, -0.1) is 0 Å². The Morgan fingerprint density at radius 1 is 1.18 bits per heavy atom. The number of likely N-dealkylation sites (tertiary alicyclic amines) is 1. The van der Waals surface area contributed by atoms with Crippen molar-refractivity contribution in [2.24, 2.45) is 0 Å². The lowest BCUT2D eigenvalue weighted by Gasteiger charge is -2.35. The van der Waals surface area contributed by atoms with Crippen LogP contribution in [0.2, 0.25) is 0 Å². The molecule has 1 amide bonds. The third-order valence-corrected chi connectivity index (χ3v) is 6.04. The van der Waals surface area contributed by atoms with E-state index in [1.54, 1.807) is 31.5 Å². The van der Waals surface area contributed by atoms with Gasteiger partial charge in [-0.2, -0.15) is 0 Å². The molecule has 4 rings (SSSR count). The molecule has 1 aromatic heterocycles. The summed E-state index contributed by atoms with van der Waals surface area (Å²) in [6, 6.07) is 14.3. The number of hydrogen-bond acceptors (Lipinski definition) is 5. The molecule has 0 N–H and O–H groups in total. The fourth-order valence-electron chi connectivity index (χ4n) is 4.38. The van der Waals surface area contributed by atoms with E-state index in [2.05, 4.69) is 4.98 Å². The molecule has 0 saturated carbocycles. The normalized spacial score (nSPS) is 16.2. The van der Waals surface area contributed by atoms with E-state index in [1.165, 1.54) is 6.07 Å². The van der Waals surface area contributed by atoms with Crippen LogP contribution in [0, 0.1) is 5.82 Å². The van der Waals surface area contributed by atoms with Crippen molar-refractivity contribution in [2.75, 3.05) is 27.2 Å². The molecule has 1 atom stereocenters. The van der Waals surface area contributed by atoms with Crippen molar-refractivity contribution in [3.8, 4) is 5.75 Å². The largest absolute Gasteiger partial charge is 0.496 e. The molecule has 1 saturated heterocycles. The molecule has 2 heterocycles. The average Bonchev–Trinajstić information content (AvgIpc) is 3.29. The van der Waals surface area contributed by atoms with E-state index in [9.17, 15) is 9.18 Å². The van der Waals surface area contributed by atoms with Crippen LogP contribution in [0.15, 0.2) is 59.1 Å². The van der Waals surface area contributed by atoms with Crippen LogP contribution in [0.5, 0.6) is 5.75 Å². The van der Waals surface area contributed by atoms with E-state index in [0.717, 1.165) is 36.3 Å². The number of hydrogen-bond donors (Lipinski definition) is 0. The second kappa shape index (κ2) is 10.6. The van der Waals surface area contributed by atoms with Crippen LogP contribution in [0.1, 0.15) is 48.1 Å². The maximum Gasteiger partial charge on any atom is 0.237 e. The Bertz CT molecular complexity index is 1080. The average molecular weight is 452 g/mol. The highest BCUT2D eigenvalue weighted by atomic mass is 19.1. The van der Waals surface area contributed by atoms with Gasteiger partial charge in [0.1, 0.15) is 23.4 Å². The van der Waals surface area contributed by atoms with Crippen LogP contribution in [-0.2, 0) is 17.8 Å². The van der Waals surface area contributed by atoms with E-state index in [0.29, 0.717) is 31.0 Å². The van der Waals surface area contributed by atoms with E-state index >= 15 is 0 Å². The number of methoxy groups -OCH3 is 1. The van der Waals surface area contributed by atoms with Gasteiger partial charge in [-0.1, -0.05) is 36.4 Å². The number of halogens is 1. The zero-order valence-electron chi connectivity index (χ0n) is 19.2. The summed E-state index contributed by atoms with van der Waals surface area (Å²) in [5.74, 6) is 1.87. The molecule has 7 heteroatoms. The van der Waals surface area contributed by atoms with Gasteiger partial charge in [-0.05, 0) is 38.4 Å².